The third-order valence-corrected chi connectivity index (χ3v) is 12.4. The number of alkyl carbamates (subject to hydrolysis) is 1. The average Bonchev–Trinajstić information content (AvgIpc) is 3.18. The maximum atomic E-state index is 12.4. The Hall–Kier alpha value is -1.39. The lowest BCUT2D eigenvalue weighted by Gasteiger charge is -2.62. The predicted molar refractivity (Wildman–Crippen MR) is 158 cm³/mol. The van der Waals surface area contributed by atoms with Crippen LogP contribution in [0.2, 0.25) is 0 Å². The third kappa shape index (κ3) is 7.23. The Labute approximate surface area is 247 Å². The van der Waals surface area contributed by atoms with Crippen molar-refractivity contribution in [3.8, 4) is 0 Å². The molecule has 4 aliphatic rings. The summed E-state index contributed by atoms with van der Waals surface area (Å²) in [5.41, 5.74) is -0.214. The van der Waals surface area contributed by atoms with E-state index in [9.17, 15) is 23.1 Å². The fraction of sp³-hybridized carbons (Fsp3) is 0.935. The minimum absolute atomic E-state index is 0.0756. The van der Waals surface area contributed by atoms with Crippen molar-refractivity contribution < 1.29 is 32.4 Å². The van der Waals surface area contributed by atoms with Crippen molar-refractivity contribution in [2.45, 2.75) is 123 Å². The van der Waals surface area contributed by atoms with Gasteiger partial charge in [-0.1, -0.05) is 20.8 Å². The van der Waals surface area contributed by atoms with Crippen LogP contribution in [0.3, 0.4) is 0 Å². The number of rotatable bonds is 8. The summed E-state index contributed by atoms with van der Waals surface area (Å²) in [5.74, 6) is 1.84. The number of nitrogens with one attached hydrogen (secondary N) is 2. The van der Waals surface area contributed by atoms with Gasteiger partial charge in [0.25, 0.3) is 10.1 Å². The van der Waals surface area contributed by atoms with Crippen molar-refractivity contribution in [1.29, 1.82) is 0 Å². The Balaban J connectivity index is 1.36. The van der Waals surface area contributed by atoms with E-state index in [-0.39, 0.29) is 41.5 Å². The van der Waals surface area contributed by atoms with E-state index < -0.39 is 21.5 Å². The Bertz CT molecular complexity index is 1070. The van der Waals surface area contributed by atoms with E-state index >= 15 is 0 Å². The molecule has 0 spiro atoms. The molecular weight excluding hydrogens is 544 g/mol. The predicted octanol–water partition coefficient (Wildman–Crippen LogP) is 4.93. The first kappa shape index (κ1) is 32.5. The normalized spacial score (nSPS) is 39.6. The van der Waals surface area contributed by atoms with Gasteiger partial charge in [0.2, 0.25) is 5.91 Å². The molecule has 0 aromatic carbocycles. The second kappa shape index (κ2) is 11.9. The van der Waals surface area contributed by atoms with Crippen LogP contribution in [-0.2, 0) is 19.6 Å². The van der Waals surface area contributed by atoms with Crippen molar-refractivity contribution in [2.75, 3.05) is 12.3 Å². The molecule has 4 aliphatic carbocycles. The maximum Gasteiger partial charge on any atom is 0.407 e. The Morgan fingerprint density at radius 2 is 1.68 bits per heavy atom. The zero-order chi connectivity index (χ0) is 30.4. The molecule has 10 atom stereocenters. The molecule has 0 bridgehead atoms. The van der Waals surface area contributed by atoms with Gasteiger partial charge in [-0.3, -0.25) is 9.35 Å². The first-order valence-electron chi connectivity index (χ1n) is 15.8. The lowest BCUT2D eigenvalue weighted by Crippen LogP contribution is -2.59. The quantitative estimate of drug-likeness (QED) is 0.290. The van der Waals surface area contributed by atoms with Gasteiger partial charge < -0.3 is 20.5 Å². The van der Waals surface area contributed by atoms with Gasteiger partial charge in [-0.15, -0.1) is 0 Å². The van der Waals surface area contributed by atoms with Crippen LogP contribution >= 0.6 is 0 Å². The summed E-state index contributed by atoms with van der Waals surface area (Å²) in [5, 5.41) is 17.4. The molecule has 0 aromatic rings. The van der Waals surface area contributed by atoms with Crippen molar-refractivity contribution in [3.05, 3.63) is 0 Å². The Morgan fingerprint density at radius 3 is 2.34 bits per heavy atom. The molecule has 0 heterocycles. The number of fused-ring (bicyclic) bond motifs is 5. The molecule has 1 unspecified atom stereocenters. The van der Waals surface area contributed by atoms with E-state index in [0.29, 0.717) is 41.9 Å². The summed E-state index contributed by atoms with van der Waals surface area (Å²) in [7, 11) is -4.08. The third-order valence-electron chi connectivity index (χ3n) is 11.7. The van der Waals surface area contributed by atoms with Gasteiger partial charge in [0.1, 0.15) is 5.60 Å². The fourth-order valence-corrected chi connectivity index (χ4v) is 10.1. The van der Waals surface area contributed by atoms with Crippen LogP contribution in [0.1, 0.15) is 106 Å². The van der Waals surface area contributed by atoms with Crippen LogP contribution < -0.4 is 10.6 Å². The van der Waals surface area contributed by atoms with Gasteiger partial charge in [0.15, 0.2) is 0 Å². The van der Waals surface area contributed by atoms with E-state index in [2.05, 4.69) is 31.4 Å². The molecule has 10 heteroatoms. The van der Waals surface area contributed by atoms with Crippen LogP contribution in [0.4, 0.5) is 4.79 Å². The van der Waals surface area contributed by atoms with Gasteiger partial charge in [-0.25, -0.2) is 4.79 Å². The standard InChI is InChI=1S/C31H54N2O7S/c1-19(7-10-26(35)32-15-16-41(37,38)39)22-8-9-23-27-24(12-14-31(22,23)6)30(5)13-11-21(17-20(30)18-25(27)34)33-28(36)40-29(2,3)4/h19-25,27,34H,7-18H2,1-6H3,(H,32,35)(H,33,36)(H,37,38,39)/t19-,20?,21-,22-,23+,24+,25+,27+,30+,31-/m1/s1. The summed E-state index contributed by atoms with van der Waals surface area (Å²) < 4.78 is 36.2. The number of hydrogen-bond acceptors (Lipinski definition) is 6. The van der Waals surface area contributed by atoms with E-state index in [1.165, 1.54) is 0 Å². The van der Waals surface area contributed by atoms with E-state index in [0.717, 1.165) is 57.8 Å². The summed E-state index contributed by atoms with van der Waals surface area (Å²) in [4.78, 5) is 24.7. The molecule has 0 saturated heterocycles. The van der Waals surface area contributed by atoms with Crippen LogP contribution in [0.15, 0.2) is 0 Å². The lowest BCUT2D eigenvalue weighted by molar-refractivity contribution is -0.166. The topological polar surface area (TPSA) is 142 Å². The first-order chi connectivity index (χ1) is 18.9. The molecule has 9 nitrogen and oxygen atoms in total. The van der Waals surface area contributed by atoms with Crippen LogP contribution in [0, 0.1) is 46.3 Å². The molecule has 4 fully saturated rings. The monoisotopic (exact) mass is 598 g/mol. The molecule has 4 rings (SSSR count). The van der Waals surface area contributed by atoms with Crippen LogP contribution in [0.5, 0.6) is 0 Å². The van der Waals surface area contributed by atoms with Crippen molar-refractivity contribution in [2.24, 2.45) is 46.3 Å². The number of hydrogen-bond donors (Lipinski definition) is 4. The largest absolute Gasteiger partial charge is 0.444 e. The second-order valence-corrected chi connectivity index (χ2v) is 16.9. The molecule has 2 amide bonds. The second-order valence-electron chi connectivity index (χ2n) is 15.3. The van der Waals surface area contributed by atoms with E-state index in [4.69, 9.17) is 9.29 Å². The fourth-order valence-electron chi connectivity index (χ4n) is 9.77. The minimum atomic E-state index is -4.08. The number of aliphatic hydroxyl groups excluding tert-OH is 1. The number of carbonyl (C=O) groups excluding carboxylic acids is 2. The van der Waals surface area contributed by atoms with E-state index in [1.54, 1.807) is 0 Å². The summed E-state index contributed by atoms with van der Waals surface area (Å²) in [6.07, 6.45) is 8.59. The molecular formula is C31H54N2O7S. The van der Waals surface area contributed by atoms with Gasteiger partial charge >= 0.3 is 6.09 Å². The van der Waals surface area contributed by atoms with Crippen molar-refractivity contribution in [1.82, 2.24) is 10.6 Å². The minimum Gasteiger partial charge on any atom is -0.444 e. The highest BCUT2D eigenvalue weighted by atomic mass is 32.2. The van der Waals surface area contributed by atoms with Crippen LogP contribution in [0.25, 0.3) is 0 Å². The molecule has 0 aliphatic heterocycles. The first-order valence-corrected chi connectivity index (χ1v) is 17.4. The van der Waals surface area contributed by atoms with Crippen molar-refractivity contribution in [3.63, 3.8) is 0 Å². The number of amides is 2. The smallest absolute Gasteiger partial charge is 0.407 e. The molecule has 4 N–H and O–H groups in total. The van der Waals surface area contributed by atoms with E-state index in [1.807, 2.05) is 20.8 Å². The number of ether oxygens (including phenoxy) is 1. The lowest BCUT2D eigenvalue weighted by atomic mass is 9.43. The zero-order valence-electron chi connectivity index (χ0n) is 25.9. The number of aliphatic hydroxyl groups is 1. The molecule has 0 radical (unpaired) electrons. The Morgan fingerprint density at radius 1 is 1.02 bits per heavy atom. The van der Waals surface area contributed by atoms with Gasteiger partial charge in [0.05, 0.1) is 11.9 Å². The van der Waals surface area contributed by atoms with Crippen molar-refractivity contribution >= 4 is 22.1 Å². The Kier molecular flexibility index (Phi) is 9.48. The number of carbonyl (C=O) groups is 2. The molecule has 0 aromatic heterocycles. The average molecular weight is 599 g/mol. The summed E-state index contributed by atoms with van der Waals surface area (Å²) >= 11 is 0. The van der Waals surface area contributed by atoms with Gasteiger partial charge in [0, 0.05) is 19.0 Å². The van der Waals surface area contributed by atoms with Crippen LogP contribution in [-0.4, -0.2) is 60.1 Å². The highest BCUT2D eigenvalue weighted by Gasteiger charge is 2.63. The molecule has 236 valence electrons. The SMILES string of the molecule is C[C@H](CCC(=O)NCCS(=O)(=O)O)[C@H]1CC[C@H]2[C@@H]3[C@@H](O)CC4C[C@H](NC(=O)OC(C)(C)C)CC[C@]4(C)[C@H]3CC[C@]12C. The summed E-state index contributed by atoms with van der Waals surface area (Å²) in [6, 6.07) is 0.0856. The van der Waals surface area contributed by atoms with Gasteiger partial charge in [-0.05, 0) is 125 Å². The molecule has 4 saturated carbocycles. The zero-order valence-corrected chi connectivity index (χ0v) is 26.8. The summed E-state index contributed by atoms with van der Waals surface area (Å²) in [6.45, 7) is 12.7. The highest BCUT2D eigenvalue weighted by molar-refractivity contribution is 7.85. The maximum absolute atomic E-state index is 12.4. The van der Waals surface area contributed by atoms with Gasteiger partial charge in [-0.2, -0.15) is 8.42 Å². The molecule has 41 heavy (non-hydrogen) atoms. The highest BCUT2D eigenvalue weighted by Crippen LogP contribution is 2.68.